The highest BCUT2D eigenvalue weighted by atomic mass is 19.1. The molecule has 1 saturated carbocycles. The highest BCUT2D eigenvalue weighted by Crippen LogP contribution is 2.47. The number of nitrogens with zero attached hydrogens (tertiary/aromatic N) is 2. The molecule has 246 valence electrons. The number of pyridine rings is 1. The van der Waals surface area contributed by atoms with Crippen molar-refractivity contribution in [3.63, 3.8) is 0 Å². The number of hydrogen-bond acceptors (Lipinski definition) is 7. The first-order valence-corrected chi connectivity index (χ1v) is 15.9. The second-order valence-electron chi connectivity index (χ2n) is 11.9. The molecular weight excluding hydrogens is 606 g/mol. The van der Waals surface area contributed by atoms with Crippen molar-refractivity contribution >= 4 is 34.1 Å². The number of aryl methyl sites for hydroxylation is 2. The minimum atomic E-state index is -1.24. The van der Waals surface area contributed by atoms with Crippen LogP contribution in [0.2, 0.25) is 0 Å². The molecule has 1 saturated heterocycles. The Balaban J connectivity index is 1.06. The summed E-state index contributed by atoms with van der Waals surface area (Å²) in [5.41, 5.74) is 1.69. The van der Waals surface area contributed by atoms with Crippen LogP contribution < -0.4 is 20.1 Å². The van der Waals surface area contributed by atoms with Crippen molar-refractivity contribution in [3.8, 4) is 11.5 Å². The van der Waals surface area contributed by atoms with Gasteiger partial charge in [-0.1, -0.05) is 6.07 Å². The molecule has 0 bridgehead atoms. The van der Waals surface area contributed by atoms with Crippen molar-refractivity contribution < 1.29 is 32.6 Å². The Morgan fingerprint density at radius 3 is 2.30 bits per heavy atom. The lowest BCUT2D eigenvalue weighted by molar-refractivity contribution is -0.131. The van der Waals surface area contributed by atoms with E-state index in [0.717, 1.165) is 55.7 Å². The van der Waals surface area contributed by atoms with Gasteiger partial charge in [0.2, 0.25) is 11.8 Å². The third-order valence-electron chi connectivity index (χ3n) is 8.79. The number of amides is 2. The van der Waals surface area contributed by atoms with Crippen molar-refractivity contribution in [1.82, 2.24) is 9.88 Å². The molecule has 0 radical (unpaired) electrons. The van der Waals surface area contributed by atoms with Crippen molar-refractivity contribution in [2.45, 2.75) is 32.1 Å². The van der Waals surface area contributed by atoms with Gasteiger partial charge in [0.25, 0.3) is 0 Å². The average Bonchev–Trinajstić information content (AvgIpc) is 3.90. The first kappa shape index (κ1) is 32.3. The number of aromatic nitrogens is 1. The van der Waals surface area contributed by atoms with Crippen molar-refractivity contribution in [1.29, 1.82) is 0 Å². The molecule has 11 heteroatoms. The van der Waals surface area contributed by atoms with Crippen LogP contribution in [0.4, 0.5) is 20.2 Å². The maximum atomic E-state index is 15.2. The van der Waals surface area contributed by atoms with Crippen LogP contribution in [0, 0.1) is 17.0 Å². The zero-order valence-electron chi connectivity index (χ0n) is 26.3. The second-order valence-corrected chi connectivity index (χ2v) is 11.9. The topological polar surface area (TPSA) is 102 Å². The number of ether oxygens (including phenoxy) is 3. The van der Waals surface area contributed by atoms with Gasteiger partial charge in [-0.15, -0.1) is 0 Å². The lowest BCUT2D eigenvalue weighted by Gasteiger charge is -2.26. The van der Waals surface area contributed by atoms with Crippen LogP contribution in [0.5, 0.6) is 11.5 Å². The van der Waals surface area contributed by atoms with E-state index in [-0.39, 0.29) is 5.69 Å². The summed E-state index contributed by atoms with van der Waals surface area (Å²) in [7, 11) is 1.61. The number of morpholine rings is 1. The number of anilines is 2. The Kier molecular flexibility index (Phi) is 9.93. The number of halogens is 2. The average molecular weight is 645 g/mol. The molecule has 2 fully saturated rings. The smallest absolute Gasteiger partial charge is 0.240 e. The van der Waals surface area contributed by atoms with Crippen LogP contribution in [-0.2, 0) is 27.2 Å². The zero-order valence-corrected chi connectivity index (χ0v) is 26.3. The van der Waals surface area contributed by atoms with Crippen molar-refractivity contribution in [2.24, 2.45) is 5.41 Å². The fraction of sp³-hybridized carbons (Fsp3) is 0.361. The number of methoxy groups -OCH3 is 1. The molecule has 4 aromatic rings. The van der Waals surface area contributed by atoms with E-state index in [2.05, 4.69) is 20.5 Å². The molecule has 47 heavy (non-hydrogen) atoms. The Bertz CT molecular complexity index is 1740. The molecular formula is C36H38F2N4O5. The molecule has 0 atom stereocenters. The summed E-state index contributed by atoms with van der Waals surface area (Å²) in [4.78, 5) is 32.8. The molecule has 3 aromatic carbocycles. The van der Waals surface area contributed by atoms with Gasteiger partial charge in [-0.2, -0.15) is 0 Å². The van der Waals surface area contributed by atoms with Crippen LogP contribution in [0.3, 0.4) is 0 Å². The minimum absolute atomic E-state index is 0.272. The summed E-state index contributed by atoms with van der Waals surface area (Å²) >= 11 is 0. The van der Waals surface area contributed by atoms with Crippen LogP contribution in [-0.4, -0.2) is 68.3 Å². The van der Waals surface area contributed by atoms with Crippen LogP contribution in [0.25, 0.3) is 10.9 Å². The van der Waals surface area contributed by atoms with Crippen molar-refractivity contribution in [3.05, 3.63) is 89.6 Å². The van der Waals surface area contributed by atoms with Gasteiger partial charge in [-0.3, -0.25) is 19.5 Å². The number of benzene rings is 3. The summed E-state index contributed by atoms with van der Waals surface area (Å²) < 4.78 is 45.6. The first-order valence-electron chi connectivity index (χ1n) is 15.9. The van der Waals surface area contributed by atoms with Crippen molar-refractivity contribution in [2.75, 3.05) is 57.2 Å². The molecule has 0 unspecified atom stereocenters. The highest BCUT2D eigenvalue weighted by Gasteiger charge is 2.56. The molecule has 1 aromatic heterocycles. The van der Waals surface area contributed by atoms with E-state index in [1.54, 1.807) is 25.4 Å². The molecule has 2 N–H and O–H groups in total. The first-order chi connectivity index (χ1) is 22.8. The predicted octanol–water partition coefficient (Wildman–Crippen LogP) is 5.77. The standard InChI is InChI=1S/C36H38F2N4O5/c1-45-32-22-29-24(11-14-39-31(29)23-33(32)47-18-2-15-42-16-19-46-20-17-42)3-4-25-5-8-28(21-30(25)38)41-35(44)36(12-13-36)34(43)40-27-9-6-26(37)7-10-27/h5-11,14,21-23H,2-4,12-13,15-20H2,1H3,(H,40,43)(H,41,44). The molecule has 2 heterocycles. The Hall–Kier alpha value is -4.61. The van der Waals surface area contributed by atoms with Gasteiger partial charge in [-0.05, 0) is 91.8 Å². The maximum absolute atomic E-state index is 15.2. The lowest BCUT2D eigenvalue weighted by atomic mass is 10.00. The molecule has 9 nitrogen and oxygen atoms in total. The predicted molar refractivity (Wildman–Crippen MR) is 175 cm³/mol. The SMILES string of the molecule is COc1cc2c(CCc3ccc(NC(=O)C4(C(=O)Nc5ccc(F)cc5)CC4)cc3F)ccnc2cc1OCCCN1CCOCC1. The summed E-state index contributed by atoms with van der Waals surface area (Å²) in [6, 6.07) is 15.6. The van der Waals surface area contributed by atoms with E-state index in [1.807, 2.05) is 18.2 Å². The Morgan fingerprint density at radius 2 is 1.60 bits per heavy atom. The maximum Gasteiger partial charge on any atom is 0.240 e. The van der Waals surface area contributed by atoms with Gasteiger partial charge < -0.3 is 24.8 Å². The monoisotopic (exact) mass is 644 g/mol. The second kappa shape index (κ2) is 14.4. The normalized spacial score (nSPS) is 15.6. The van der Waals surface area contributed by atoms with Gasteiger partial charge in [0.1, 0.15) is 17.0 Å². The number of fused-ring (bicyclic) bond motifs is 1. The number of carbonyl (C=O) groups excluding carboxylic acids is 2. The van der Waals surface area contributed by atoms with Gasteiger partial charge >= 0.3 is 0 Å². The molecule has 1 aliphatic carbocycles. The van der Waals surface area contributed by atoms with E-state index in [0.29, 0.717) is 55.0 Å². The zero-order chi connectivity index (χ0) is 32.8. The van der Waals surface area contributed by atoms with Crippen LogP contribution in [0.1, 0.15) is 30.4 Å². The van der Waals surface area contributed by atoms with E-state index < -0.39 is 28.9 Å². The minimum Gasteiger partial charge on any atom is -0.493 e. The largest absolute Gasteiger partial charge is 0.493 e. The summed E-state index contributed by atoms with van der Waals surface area (Å²) in [5.74, 6) is -0.594. The van der Waals surface area contributed by atoms with Gasteiger partial charge in [0.05, 0.1) is 32.4 Å². The fourth-order valence-corrected chi connectivity index (χ4v) is 5.81. The van der Waals surface area contributed by atoms with E-state index in [1.165, 1.54) is 30.3 Å². The molecule has 6 rings (SSSR count). The van der Waals surface area contributed by atoms with Crippen LogP contribution >= 0.6 is 0 Å². The quantitative estimate of drug-likeness (QED) is 0.141. The van der Waals surface area contributed by atoms with E-state index in [9.17, 15) is 14.0 Å². The lowest BCUT2D eigenvalue weighted by Crippen LogP contribution is -2.37. The Morgan fingerprint density at radius 1 is 0.894 bits per heavy atom. The number of rotatable bonds is 13. The molecule has 2 aliphatic rings. The van der Waals surface area contributed by atoms with Crippen LogP contribution in [0.15, 0.2) is 66.9 Å². The number of hydrogen-bond donors (Lipinski definition) is 2. The Labute approximate surface area is 272 Å². The van der Waals surface area contributed by atoms with E-state index in [4.69, 9.17) is 14.2 Å². The third-order valence-corrected chi connectivity index (χ3v) is 8.79. The number of nitrogens with one attached hydrogen (secondary N) is 2. The number of carbonyl (C=O) groups is 2. The summed E-state index contributed by atoms with van der Waals surface area (Å²) in [6.45, 7) is 4.93. The van der Waals surface area contributed by atoms with Gasteiger partial charge in [0.15, 0.2) is 11.5 Å². The third kappa shape index (κ3) is 7.69. The summed E-state index contributed by atoms with van der Waals surface area (Å²) in [5, 5.41) is 6.28. The fourth-order valence-electron chi connectivity index (χ4n) is 5.81. The van der Waals surface area contributed by atoms with Gasteiger partial charge in [-0.25, -0.2) is 8.78 Å². The molecule has 0 spiro atoms. The van der Waals surface area contributed by atoms with Gasteiger partial charge in [0, 0.05) is 48.7 Å². The summed E-state index contributed by atoms with van der Waals surface area (Å²) in [6.07, 6.45) is 4.35. The van der Waals surface area contributed by atoms with E-state index >= 15 is 4.39 Å². The molecule has 2 amide bonds. The highest BCUT2D eigenvalue weighted by molar-refractivity contribution is 6.16. The molecule has 1 aliphatic heterocycles.